The number of thioether (sulfide) groups is 1. The van der Waals surface area contributed by atoms with Crippen LogP contribution in [-0.2, 0) is 20.9 Å². The van der Waals surface area contributed by atoms with Crippen LogP contribution in [0, 0.1) is 5.92 Å². The van der Waals surface area contributed by atoms with E-state index in [1.807, 2.05) is 6.07 Å². The van der Waals surface area contributed by atoms with Gasteiger partial charge >= 0.3 is 5.97 Å². The number of ether oxygens (including phenoxy) is 1. The third-order valence-electron chi connectivity index (χ3n) is 2.60. The minimum Gasteiger partial charge on any atom is -0.469 e. The summed E-state index contributed by atoms with van der Waals surface area (Å²) in [5.41, 5.74) is 0. The van der Waals surface area contributed by atoms with Gasteiger partial charge in [0.2, 0.25) is 5.91 Å². The minimum atomic E-state index is -0.246. The summed E-state index contributed by atoms with van der Waals surface area (Å²) in [6.07, 6.45) is 1.58. The molecule has 19 heavy (non-hydrogen) atoms. The zero-order chi connectivity index (χ0) is 14.3. The molecule has 0 saturated heterocycles. The summed E-state index contributed by atoms with van der Waals surface area (Å²) in [7, 11) is 3.10. The molecule has 0 aliphatic heterocycles. The number of methoxy groups -OCH3 is 1. The van der Waals surface area contributed by atoms with E-state index in [1.54, 1.807) is 31.2 Å². The molecule has 1 aromatic heterocycles. The molecule has 0 bridgehead atoms. The molecule has 0 aliphatic rings. The van der Waals surface area contributed by atoms with Crippen molar-refractivity contribution >= 4 is 23.6 Å². The zero-order valence-corrected chi connectivity index (χ0v) is 12.2. The average Bonchev–Trinajstić information content (AvgIpc) is 2.90. The lowest BCUT2D eigenvalue weighted by Crippen LogP contribution is -2.28. The van der Waals surface area contributed by atoms with Crippen molar-refractivity contribution < 1.29 is 18.7 Å². The lowest BCUT2D eigenvalue weighted by atomic mass is 10.2. The molecule has 1 rings (SSSR count). The summed E-state index contributed by atoms with van der Waals surface area (Å²) in [4.78, 5) is 24.6. The van der Waals surface area contributed by atoms with E-state index in [9.17, 15) is 9.59 Å². The first-order valence-electron chi connectivity index (χ1n) is 5.96. The van der Waals surface area contributed by atoms with E-state index >= 15 is 0 Å². The van der Waals surface area contributed by atoms with Crippen molar-refractivity contribution in [1.29, 1.82) is 0 Å². The molecule has 0 radical (unpaired) electrons. The maximum absolute atomic E-state index is 11.8. The van der Waals surface area contributed by atoms with Gasteiger partial charge in [-0.05, 0) is 12.1 Å². The molecule has 1 aromatic rings. The van der Waals surface area contributed by atoms with Gasteiger partial charge in [0.25, 0.3) is 0 Å². The highest BCUT2D eigenvalue weighted by atomic mass is 32.2. The SMILES string of the molecule is COC(=O)C(C)CSCC(=O)N(C)Cc1ccco1. The van der Waals surface area contributed by atoms with E-state index in [4.69, 9.17) is 4.42 Å². The summed E-state index contributed by atoms with van der Waals surface area (Å²) in [5.74, 6) is 1.25. The van der Waals surface area contributed by atoms with Crippen molar-refractivity contribution in [3.63, 3.8) is 0 Å². The molecule has 0 aromatic carbocycles. The van der Waals surface area contributed by atoms with Gasteiger partial charge in [-0.25, -0.2) is 0 Å². The summed E-state index contributed by atoms with van der Waals surface area (Å²) in [5, 5.41) is 0. The topological polar surface area (TPSA) is 59.8 Å². The molecule has 0 spiro atoms. The first-order valence-corrected chi connectivity index (χ1v) is 7.12. The second kappa shape index (κ2) is 7.89. The summed E-state index contributed by atoms with van der Waals surface area (Å²) in [6, 6.07) is 3.62. The van der Waals surface area contributed by atoms with Crippen molar-refractivity contribution in [2.24, 2.45) is 5.92 Å². The van der Waals surface area contributed by atoms with Crippen LogP contribution in [0.5, 0.6) is 0 Å². The van der Waals surface area contributed by atoms with Gasteiger partial charge in [0.15, 0.2) is 0 Å². The monoisotopic (exact) mass is 285 g/mol. The fraction of sp³-hybridized carbons (Fsp3) is 0.538. The number of carbonyl (C=O) groups is 2. The fourth-order valence-corrected chi connectivity index (χ4v) is 2.43. The maximum Gasteiger partial charge on any atom is 0.309 e. The van der Waals surface area contributed by atoms with Gasteiger partial charge in [-0.15, -0.1) is 0 Å². The van der Waals surface area contributed by atoms with Gasteiger partial charge in [0.05, 0.1) is 31.6 Å². The molecule has 5 nitrogen and oxygen atoms in total. The highest BCUT2D eigenvalue weighted by Crippen LogP contribution is 2.11. The molecule has 1 unspecified atom stereocenters. The van der Waals surface area contributed by atoms with E-state index in [-0.39, 0.29) is 17.8 Å². The molecule has 0 N–H and O–H groups in total. The predicted molar refractivity (Wildman–Crippen MR) is 73.7 cm³/mol. The van der Waals surface area contributed by atoms with Gasteiger partial charge in [-0.1, -0.05) is 6.92 Å². The Hall–Kier alpha value is -1.43. The standard InChI is InChI=1S/C13H19NO4S/c1-10(13(16)17-3)8-19-9-12(15)14(2)7-11-5-4-6-18-11/h4-6,10H,7-9H2,1-3H3. The van der Waals surface area contributed by atoms with E-state index in [0.29, 0.717) is 18.1 Å². The van der Waals surface area contributed by atoms with Crippen LogP contribution in [0.3, 0.4) is 0 Å². The molecular weight excluding hydrogens is 266 g/mol. The molecule has 6 heteroatoms. The highest BCUT2D eigenvalue weighted by Gasteiger charge is 2.15. The third-order valence-corrected chi connectivity index (χ3v) is 3.78. The Bertz CT molecular complexity index is 405. The first kappa shape index (κ1) is 15.6. The van der Waals surface area contributed by atoms with Crippen LogP contribution < -0.4 is 0 Å². The predicted octanol–water partition coefficient (Wildman–Crippen LogP) is 1.78. The Morgan fingerprint density at radius 1 is 1.53 bits per heavy atom. The van der Waals surface area contributed by atoms with Crippen LogP contribution in [0.15, 0.2) is 22.8 Å². The Balaban J connectivity index is 2.25. The maximum atomic E-state index is 11.8. The molecule has 1 amide bonds. The number of carbonyl (C=O) groups excluding carboxylic acids is 2. The summed E-state index contributed by atoms with van der Waals surface area (Å²) >= 11 is 1.43. The Morgan fingerprint density at radius 2 is 2.26 bits per heavy atom. The second-order valence-electron chi connectivity index (χ2n) is 4.27. The quantitative estimate of drug-likeness (QED) is 0.715. The van der Waals surface area contributed by atoms with Gasteiger partial charge in [0.1, 0.15) is 5.76 Å². The van der Waals surface area contributed by atoms with Crippen molar-refractivity contribution in [3.8, 4) is 0 Å². The summed E-state index contributed by atoms with van der Waals surface area (Å²) < 4.78 is 9.81. The normalized spacial score (nSPS) is 11.9. The van der Waals surface area contributed by atoms with Gasteiger partial charge in [0, 0.05) is 12.8 Å². The largest absolute Gasteiger partial charge is 0.469 e. The molecule has 0 saturated carbocycles. The lowest BCUT2D eigenvalue weighted by Gasteiger charge is -2.16. The number of esters is 1. The van der Waals surface area contributed by atoms with Gasteiger partial charge in [-0.2, -0.15) is 11.8 Å². The number of hydrogen-bond donors (Lipinski definition) is 0. The molecular formula is C13H19NO4S. The van der Waals surface area contributed by atoms with Gasteiger partial charge in [-0.3, -0.25) is 9.59 Å². The number of amides is 1. The third kappa shape index (κ3) is 5.38. The number of furan rings is 1. The van der Waals surface area contributed by atoms with Gasteiger partial charge < -0.3 is 14.1 Å². The van der Waals surface area contributed by atoms with Crippen LogP contribution >= 0.6 is 11.8 Å². The fourth-order valence-electron chi connectivity index (χ4n) is 1.43. The van der Waals surface area contributed by atoms with Crippen LogP contribution in [0.1, 0.15) is 12.7 Å². The second-order valence-corrected chi connectivity index (χ2v) is 5.30. The number of nitrogens with zero attached hydrogens (tertiary/aromatic N) is 1. The minimum absolute atomic E-state index is 0.0125. The Morgan fingerprint density at radius 3 is 2.84 bits per heavy atom. The molecule has 1 heterocycles. The summed E-state index contributed by atoms with van der Waals surface area (Å²) in [6.45, 7) is 2.24. The van der Waals surface area contributed by atoms with E-state index in [1.165, 1.54) is 18.9 Å². The zero-order valence-electron chi connectivity index (χ0n) is 11.4. The van der Waals surface area contributed by atoms with E-state index in [2.05, 4.69) is 4.74 Å². The Labute approximate surface area is 117 Å². The van der Waals surface area contributed by atoms with Crippen LogP contribution in [0.4, 0.5) is 0 Å². The van der Waals surface area contributed by atoms with Crippen LogP contribution in [0.25, 0.3) is 0 Å². The van der Waals surface area contributed by atoms with Crippen molar-refractivity contribution in [2.75, 3.05) is 25.7 Å². The first-order chi connectivity index (χ1) is 9.04. The van der Waals surface area contributed by atoms with E-state index < -0.39 is 0 Å². The van der Waals surface area contributed by atoms with Crippen LogP contribution in [-0.4, -0.2) is 42.4 Å². The molecule has 106 valence electrons. The number of rotatable bonds is 7. The molecule has 0 aliphatic carbocycles. The number of hydrogen-bond acceptors (Lipinski definition) is 5. The smallest absolute Gasteiger partial charge is 0.309 e. The Kier molecular flexibility index (Phi) is 6.49. The lowest BCUT2D eigenvalue weighted by molar-refractivity contribution is -0.144. The van der Waals surface area contributed by atoms with Crippen molar-refractivity contribution in [2.45, 2.75) is 13.5 Å². The molecule has 1 atom stereocenters. The van der Waals surface area contributed by atoms with Crippen LogP contribution in [0.2, 0.25) is 0 Å². The molecule has 0 fully saturated rings. The average molecular weight is 285 g/mol. The van der Waals surface area contributed by atoms with Crippen molar-refractivity contribution in [3.05, 3.63) is 24.2 Å². The van der Waals surface area contributed by atoms with Crippen molar-refractivity contribution in [1.82, 2.24) is 4.90 Å². The highest BCUT2D eigenvalue weighted by molar-refractivity contribution is 7.99. The van der Waals surface area contributed by atoms with E-state index in [0.717, 1.165) is 5.76 Å².